The van der Waals surface area contributed by atoms with Crippen LogP contribution in [0.15, 0.2) is 73.3 Å². The van der Waals surface area contributed by atoms with Crippen LogP contribution in [0.5, 0.6) is 11.8 Å². The molecule has 0 radical (unpaired) electrons. The summed E-state index contributed by atoms with van der Waals surface area (Å²) in [5.41, 5.74) is -0.855. The predicted octanol–water partition coefficient (Wildman–Crippen LogP) is 13.8. The first-order valence-corrected chi connectivity index (χ1v) is 32.5. The molecule has 0 saturated carbocycles. The lowest BCUT2D eigenvalue weighted by Gasteiger charge is -2.21. The van der Waals surface area contributed by atoms with Crippen LogP contribution in [0.3, 0.4) is 0 Å². The van der Waals surface area contributed by atoms with Crippen molar-refractivity contribution in [2.45, 2.75) is 119 Å². The molecular formula is C55H68F8N6O8Si2. The quantitative estimate of drug-likeness (QED) is 0.0297. The summed E-state index contributed by atoms with van der Waals surface area (Å²) in [6.45, 7) is 23.3. The molecule has 430 valence electrons. The van der Waals surface area contributed by atoms with Gasteiger partial charge in [0, 0.05) is 77.4 Å². The molecule has 14 nitrogen and oxygen atoms in total. The summed E-state index contributed by atoms with van der Waals surface area (Å²) in [6.07, 6.45) is -4.73. The van der Waals surface area contributed by atoms with E-state index in [1.165, 1.54) is 66.8 Å². The number of benzene rings is 2. The minimum Gasteiger partial charge on any atom is -0.481 e. The molecule has 79 heavy (non-hydrogen) atoms. The van der Waals surface area contributed by atoms with Crippen molar-refractivity contribution in [2.24, 2.45) is 10.8 Å². The molecule has 0 fully saturated rings. The Morgan fingerprint density at radius 2 is 0.975 bits per heavy atom. The number of hydrogen-bond acceptors (Lipinski definition) is 11. The molecule has 0 saturated heterocycles. The summed E-state index contributed by atoms with van der Waals surface area (Å²) in [5, 5.41) is 9.24. The lowest BCUT2D eigenvalue weighted by Crippen LogP contribution is -2.32. The molecule has 2 aromatic carbocycles. The van der Waals surface area contributed by atoms with Gasteiger partial charge < -0.3 is 37.9 Å². The van der Waals surface area contributed by atoms with Crippen LogP contribution in [0.25, 0.3) is 45.0 Å². The number of imidazole rings is 2. The topological polar surface area (TPSA) is 162 Å². The third kappa shape index (κ3) is 17.7. The monoisotopic (exact) mass is 1150 g/mol. The second kappa shape index (κ2) is 25.3. The zero-order valence-electron chi connectivity index (χ0n) is 46.6. The van der Waals surface area contributed by atoms with Crippen LogP contribution in [0.2, 0.25) is 51.4 Å². The van der Waals surface area contributed by atoms with E-state index in [0.717, 1.165) is 30.0 Å². The number of carboxylic acid groups (broad SMARTS) is 1. The Bertz CT molecular complexity index is 3090. The van der Waals surface area contributed by atoms with Crippen LogP contribution in [0, 0.1) is 36.3 Å². The van der Waals surface area contributed by atoms with Gasteiger partial charge in [-0.2, -0.15) is 26.3 Å². The number of ether oxygens (including phenoxy) is 5. The largest absolute Gasteiger partial charge is 0.481 e. The lowest BCUT2D eigenvalue weighted by molar-refractivity contribution is -0.152. The molecule has 0 aliphatic carbocycles. The maximum Gasteiger partial charge on any atom is 0.434 e. The number of rotatable bonds is 22. The molecular weight excluding hydrogens is 1080 g/mol. The van der Waals surface area contributed by atoms with E-state index in [9.17, 15) is 41.0 Å². The standard InChI is InChI=1S/C28H35F4N3O4Si.C27H33F4N3O4Si/c1-18-12-24(39-16-27(2,3)26(36)37-4)33-14-21(18)19-8-9-20(22(29)13-19)25-34-23(28(30,31)32)15-35(25)17-38-10-11-40(5,6)7;1-17-11-23(38-15-26(2,3)25(35)36)32-13-20(17)18-7-8-19(21(28)12-18)24-33-22(27(29,30)31)14-34(24)16-37-9-10-39(4,5)6/h8-9,12-15H,10-11,16-17H2,1-7H3;7-8,11-14H,9-10,15-16H2,1-6H3,(H,35,36). The molecule has 6 aromatic rings. The molecule has 0 bridgehead atoms. The van der Waals surface area contributed by atoms with Crippen molar-refractivity contribution in [1.29, 1.82) is 0 Å². The van der Waals surface area contributed by atoms with Crippen molar-refractivity contribution < 1.29 is 73.5 Å². The van der Waals surface area contributed by atoms with Crippen molar-refractivity contribution >= 4 is 28.1 Å². The second-order valence-electron chi connectivity index (χ2n) is 22.7. The Morgan fingerprint density at radius 1 is 0.595 bits per heavy atom. The van der Waals surface area contributed by atoms with E-state index in [1.807, 2.05) is 0 Å². The van der Waals surface area contributed by atoms with Gasteiger partial charge in [-0.05, 0) is 100 Å². The first-order chi connectivity index (χ1) is 36.5. The summed E-state index contributed by atoms with van der Waals surface area (Å²) < 4.78 is 141. The van der Waals surface area contributed by atoms with Crippen molar-refractivity contribution in [2.75, 3.05) is 33.5 Å². The van der Waals surface area contributed by atoms with E-state index in [0.29, 0.717) is 41.0 Å². The Kier molecular flexibility index (Phi) is 20.3. The van der Waals surface area contributed by atoms with E-state index < -0.39 is 74.3 Å². The molecule has 0 spiro atoms. The van der Waals surface area contributed by atoms with Gasteiger partial charge >= 0.3 is 24.3 Å². The molecule has 4 heterocycles. The summed E-state index contributed by atoms with van der Waals surface area (Å²) in [7, 11) is -1.49. The van der Waals surface area contributed by atoms with E-state index in [-0.39, 0.29) is 61.2 Å². The normalized spacial score (nSPS) is 12.5. The van der Waals surface area contributed by atoms with Gasteiger partial charge in [-0.3, -0.25) is 9.59 Å². The maximum atomic E-state index is 15.4. The zero-order chi connectivity index (χ0) is 59.1. The highest BCUT2D eigenvalue weighted by Crippen LogP contribution is 2.37. The summed E-state index contributed by atoms with van der Waals surface area (Å²) in [4.78, 5) is 39.0. The molecule has 0 unspecified atom stereocenters. The zero-order valence-corrected chi connectivity index (χ0v) is 48.6. The van der Waals surface area contributed by atoms with Gasteiger partial charge in [0.05, 0.1) is 29.1 Å². The second-order valence-corrected chi connectivity index (χ2v) is 34.0. The third-order valence-corrected chi connectivity index (χ3v) is 15.7. The van der Waals surface area contributed by atoms with Crippen LogP contribution in [-0.4, -0.2) is 95.8 Å². The summed E-state index contributed by atoms with van der Waals surface area (Å²) in [6, 6.07) is 13.3. The fourth-order valence-corrected chi connectivity index (χ4v) is 8.78. The average molecular weight is 1150 g/mol. The van der Waals surface area contributed by atoms with Crippen LogP contribution in [0.1, 0.15) is 50.2 Å². The molecule has 4 aromatic heterocycles. The first kappa shape index (κ1) is 63.3. The predicted molar refractivity (Wildman–Crippen MR) is 288 cm³/mol. The molecule has 1 N–H and O–H groups in total. The number of halogens is 8. The van der Waals surface area contributed by atoms with E-state index >= 15 is 8.78 Å². The fraction of sp³-hybridized carbons (Fsp3) is 0.455. The van der Waals surface area contributed by atoms with Gasteiger partial charge in [0.25, 0.3) is 0 Å². The number of carbonyl (C=O) groups excluding carboxylic acids is 1. The van der Waals surface area contributed by atoms with Crippen molar-refractivity contribution in [1.82, 2.24) is 29.1 Å². The van der Waals surface area contributed by atoms with Crippen LogP contribution in [0.4, 0.5) is 35.1 Å². The minimum atomic E-state index is -4.69. The molecule has 6 rings (SSSR count). The number of pyridine rings is 2. The number of aryl methyl sites for hydroxylation is 2. The van der Waals surface area contributed by atoms with Crippen LogP contribution < -0.4 is 9.47 Å². The molecule has 0 aliphatic rings. The Labute approximate surface area is 456 Å². The number of hydrogen-bond donors (Lipinski definition) is 1. The van der Waals surface area contributed by atoms with E-state index in [1.54, 1.807) is 52.0 Å². The van der Waals surface area contributed by atoms with Gasteiger partial charge in [0.1, 0.15) is 50.0 Å². The van der Waals surface area contributed by atoms with Crippen molar-refractivity contribution in [3.05, 3.63) is 107 Å². The lowest BCUT2D eigenvalue weighted by atomic mass is 9.95. The number of methoxy groups -OCH3 is 1. The molecule has 0 amide bonds. The smallest absolute Gasteiger partial charge is 0.434 e. The molecule has 24 heteroatoms. The molecule has 0 atom stereocenters. The van der Waals surface area contributed by atoms with Gasteiger partial charge in [-0.25, -0.2) is 28.7 Å². The number of carboxylic acids is 1. The summed E-state index contributed by atoms with van der Waals surface area (Å²) >= 11 is 0. The number of esters is 1. The SMILES string of the molecule is COC(=O)C(C)(C)COc1cc(C)c(-c2ccc(-c3nc(C(F)(F)F)cn3COCC[Si](C)(C)C)c(F)c2)cn1.Cc1cc(OCC(C)(C)C(=O)O)ncc1-c1ccc(-c2nc(C(F)(F)F)cn2COCC[Si](C)(C)C)c(F)c1. The highest BCUT2D eigenvalue weighted by Gasteiger charge is 2.37. The van der Waals surface area contributed by atoms with Gasteiger partial charge in [0.2, 0.25) is 11.8 Å². The number of nitrogens with zero attached hydrogens (tertiary/aromatic N) is 6. The van der Waals surface area contributed by atoms with Gasteiger partial charge in [0.15, 0.2) is 11.4 Å². The number of carbonyl (C=O) groups is 2. The highest BCUT2D eigenvalue weighted by atomic mass is 28.3. The molecule has 0 aliphatic heterocycles. The summed E-state index contributed by atoms with van der Waals surface area (Å²) in [5.74, 6) is -2.76. The third-order valence-electron chi connectivity index (χ3n) is 12.3. The highest BCUT2D eigenvalue weighted by molar-refractivity contribution is 6.76. The van der Waals surface area contributed by atoms with Crippen molar-refractivity contribution in [3.8, 4) is 56.8 Å². The van der Waals surface area contributed by atoms with Gasteiger partial charge in [-0.15, -0.1) is 0 Å². The van der Waals surface area contributed by atoms with E-state index in [4.69, 9.17) is 23.7 Å². The first-order valence-electron chi connectivity index (χ1n) is 25.1. The number of alkyl halides is 6. The maximum absolute atomic E-state index is 15.4. The Hall–Kier alpha value is -6.51. The van der Waals surface area contributed by atoms with Crippen LogP contribution in [-0.2, 0) is 49.6 Å². The van der Waals surface area contributed by atoms with E-state index in [2.05, 4.69) is 59.2 Å². The average Bonchev–Trinajstić information content (AvgIpc) is 4.05. The minimum absolute atomic E-state index is 0.0448. The van der Waals surface area contributed by atoms with Crippen molar-refractivity contribution in [3.63, 3.8) is 0 Å². The number of aliphatic carboxylic acids is 1. The Morgan fingerprint density at radius 3 is 1.29 bits per heavy atom. The fourth-order valence-electron chi connectivity index (χ4n) is 7.27. The number of aromatic nitrogens is 6. The van der Waals surface area contributed by atoms with Gasteiger partial charge in [-0.1, -0.05) is 51.4 Å². The Balaban J connectivity index is 0.000000291. The van der Waals surface area contributed by atoms with Crippen LogP contribution >= 0.6 is 0 Å².